The molecule has 1 fully saturated rings. The Morgan fingerprint density at radius 3 is 2.59 bits per heavy atom. The first kappa shape index (κ1) is 22.8. The number of rotatable bonds is 10. The van der Waals surface area contributed by atoms with Gasteiger partial charge in [-0.1, -0.05) is 37.6 Å². The molecule has 5 N–H and O–H groups in total. The lowest BCUT2D eigenvalue weighted by molar-refractivity contribution is -0.137. The smallest absolute Gasteiger partial charge is 0.243 e. The molecule has 0 radical (unpaired) electrons. The number of hydrogen-bond acceptors (Lipinski definition) is 5. The number of nitrogens with zero attached hydrogens (tertiary/aromatic N) is 1. The van der Waals surface area contributed by atoms with Gasteiger partial charge in [0.25, 0.3) is 0 Å². The molecule has 0 aromatic heterocycles. The van der Waals surface area contributed by atoms with E-state index in [4.69, 9.17) is 11.1 Å². The minimum atomic E-state index is -3.48. The molecule has 1 heterocycles. The lowest BCUT2D eigenvalue weighted by Crippen LogP contribution is -2.49. The SMILES string of the molecule is CCCCS(=O)(=O)NCC(=O)N1CCCC1C(=O)NCc1ccc(C(=N)N)cc1. The fourth-order valence-electron chi connectivity index (χ4n) is 3.13. The van der Waals surface area contributed by atoms with Crippen LogP contribution in [0, 0.1) is 5.41 Å². The third kappa shape index (κ3) is 6.82. The van der Waals surface area contributed by atoms with Crippen LogP contribution in [-0.4, -0.2) is 55.9 Å². The first-order valence-electron chi connectivity index (χ1n) is 9.71. The normalized spacial score (nSPS) is 16.6. The highest BCUT2D eigenvalue weighted by Crippen LogP contribution is 2.17. The molecule has 160 valence electrons. The fourth-order valence-corrected chi connectivity index (χ4v) is 4.28. The molecule has 2 amide bonds. The summed E-state index contributed by atoms with van der Waals surface area (Å²) in [6.07, 6.45) is 2.52. The van der Waals surface area contributed by atoms with Crippen LogP contribution < -0.4 is 15.8 Å². The highest BCUT2D eigenvalue weighted by atomic mass is 32.2. The Bertz CT molecular complexity index is 839. The number of nitrogen functional groups attached to an aromatic ring is 1. The summed E-state index contributed by atoms with van der Waals surface area (Å²) in [5.41, 5.74) is 6.88. The molecule has 0 bridgehead atoms. The standard InChI is InChI=1S/C19H29N5O4S/c1-2-3-11-29(27,28)23-13-17(25)24-10-4-5-16(24)19(26)22-12-14-6-8-15(9-7-14)18(20)21/h6-9,16,23H,2-5,10-13H2,1H3,(H3,20,21)(H,22,26). The van der Waals surface area contributed by atoms with Gasteiger partial charge in [-0.2, -0.15) is 0 Å². The molecule has 1 aromatic carbocycles. The minimum Gasteiger partial charge on any atom is -0.384 e. The molecule has 1 aromatic rings. The molecule has 10 heteroatoms. The second kappa shape index (κ2) is 10.4. The number of nitrogens with two attached hydrogens (primary N) is 1. The maximum Gasteiger partial charge on any atom is 0.243 e. The van der Waals surface area contributed by atoms with Crippen molar-refractivity contribution >= 4 is 27.7 Å². The Balaban J connectivity index is 1.87. The summed E-state index contributed by atoms with van der Waals surface area (Å²) in [6, 6.07) is 6.37. The van der Waals surface area contributed by atoms with Crippen molar-refractivity contribution in [1.82, 2.24) is 14.9 Å². The van der Waals surface area contributed by atoms with Crippen LogP contribution in [0.4, 0.5) is 0 Å². The van der Waals surface area contributed by atoms with E-state index in [0.717, 1.165) is 12.0 Å². The maximum atomic E-state index is 12.6. The fraction of sp³-hybridized carbons (Fsp3) is 0.526. The average molecular weight is 424 g/mol. The summed E-state index contributed by atoms with van der Waals surface area (Å²) in [4.78, 5) is 26.4. The zero-order valence-electron chi connectivity index (χ0n) is 16.6. The minimum absolute atomic E-state index is 0.0108. The largest absolute Gasteiger partial charge is 0.384 e. The van der Waals surface area contributed by atoms with Crippen molar-refractivity contribution < 1.29 is 18.0 Å². The van der Waals surface area contributed by atoms with E-state index in [1.54, 1.807) is 24.3 Å². The van der Waals surface area contributed by atoms with Crippen molar-refractivity contribution in [2.75, 3.05) is 18.8 Å². The number of carbonyl (C=O) groups excluding carboxylic acids is 2. The quantitative estimate of drug-likeness (QED) is 0.316. The van der Waals surface area contributed by atoms with E-state index in [1.165, 1.54) is 4.90 Å². The predicted octanol–water partition coefficient (Wildman–Crippen LogP) is 0.297. The number of unbranched alkanes of at least 4 members (excludes halogenated alkanes) is 1. The monoisotopic (exact) mass is 423 g/mol. The number of hydrogen-bond donors (Lipinski definition) is 4. The van der Waals surface area contributed by atoms with Crippen LogP contribution in [0.3, 0.4) is 0 Å². The van der Waals surface area contributed by atoms with E-state index >= 15 is 0 Å². The highest BCUT2D eigenvalue weighted by molar-refractivity contribution is 7.89. The van der Waals surface area contributed by atoms with Crippen LogP contribution in [0.2, 0.25) is 0 Å². The van der Waals surface area contributed by atoms with Crippen LogP contribution in [-0.2, 0) is 26.2 Å². The zero-order chi connectivity index (χ0) is 21.4. The summed E-state index contributed by atoms with van der Waals surface area (Å²) in [7, 11) is -3.48. The molecule has 9 nitrogen and oxygen atoms in total. The van der Waals surface area contributed by atoms with Crippen molar-refractivity contribution in [3.05, 3.63) is 35.4 Å². The summed E-state index contributed by atoms with van der Waals surface area (Å²) in [5, 5.41) is 10.2. The van der Waals surface area contributed by atoms with E-state index in [0.29, 0.717) is 37.9 Å². The first-order valence-corrected chi connectivity index (χ1v) is 11.4. The number of amidine groups is 1. The lowest BCUT2D eigenvalue weighted by Gasteiger charge is -2.24. The van der Waals surface area contributed by atoms with Crippen LogP contribution in [0.1, 0.15) is 43.7 Å². The molecule has 1 unspecified atom stereocenters. The van der Waals surface area contributed by atoms with Crippen molar-refractivity contribution in [3.8, 4) is 0 Å². The van der Waals surface area contributed by atoms with E-state index in [-0.39, 0.29) is 24.0 Å². The Morgan fingerprint density at radius 2 is 1.97 bits per heavy atom. The van der Waals surface area contributed by atoms with E-state index in [1.807, 2.05) is 6.92 Å². The number of sulfonamides is 1. The molecule has 1 saturated heterocycles. The number of amides is 2. The first-order chi connectivity index (χ1) is 13.7. The molecule has 29 heavy (non-hydrogen) atoms. The lowest BCUT2D eigenvalue weighted by atomic mass is 10.1. The molecular weight excluding hydrogens is 394 g/mol. The molecule has 2 rings (SSSR count). The van der Waals surface area contributed by atoms with Gasteiger partial charge in [-0.25, -0.2) is 13.1 Å². The Morgan fingerprint density at radius 1 is 1.28 bits per heavy atom. The van der Waals surface area contributed by atoms with Gasteiger partial charge in [0.1, 0.15) is 11.9 Å². The second-order valence-electron chi connectivity index (χ2n) is 7.07. The molecule has 0 saturated carbocycles. The van der Waals surface area contributed by atoms with Crippen molar-refractivity contribution in [1.29, 1.82) is 5.41 Å². The van der Waals surface area contributed by atoms with Gasteiger partial charge in [0, 0.05) is 18.7 Å². The predicted molar refractivity (Wildman–Crippen MR) is 111 cm³/mol. The van der Waals surface area contributed by atoms with Gasteiger partial charge in [0.2, 0.25) is 21.8 Å². The van der Waals surface area contributed by atoms with Crippen molar-refractivity contribution in [2.45, 2.75) is 45.2 Å². The van der Waals surface area contributed by atoms with Crippen molar-refractivity contribution in [3.63, 3.8) is 0 Å². The van der Waals surface area contributed by atoms with Crippen LogP contribution in [0.15, 0.2) is 24.3 Å². The molecule has 1 atom stereocenters. The highest BCUT2D eigenvalue weighted by Gasteiger charge is 2.34. The van der Waals surface area contributed by atoms with E-state index < -0.39 is 22.0 Å². The van der Waals surface area contributed by atoms with Gasteiger partial charge in [-0.3, -0.25) is 15.0 Å². The summed E-state index contributed by atoms with van der Waals surface area (Å²) in [6.45, 7) is 2.29. The Kier molecular flexibility index (Phi) is 8.15. The van der Waals surface area contributed by atoms with Gasteiger partial charge in [0.05, 0.1) is 12.3 Å². The van der Waals surface area contributed by atoms with E-state index in [9.17, 15) is 18.0 Å². The van der Waals surface area contributed by atoms with Crippen molar-refractivity contribution in [2.24, 2.45) is 5.73 Å². The van der Waals surface area contributed by atoms with Crippen LogP contribution in [0.5, 0.6) is 0 Å². The number of likely N-dealkylation sites (tertiary alicyclic amines) is 1. The summed E-state index contributed by atoms with van der Waals surface area (Å²) in [5.74, 6) is -0.691. The number of carbonyl (C=O) groups is 2. The van der Waals surface area contributed by atoms with E-state index in [2.05, 4.69) is 10.0 Å². The molecule has 1 aliphatic heterocycles. The Hall–Kier alpha value is -2.46. The maximum absolute atomic E-state index is 12.6. The zero-order valence-corrected chi connectivity index (χ0v) is 17.4. The number of nitrogens with one attached hydrogen (secondary N) is 3. The molecule has 0 aliphatic carbocycles. The molecular formula is C19H29N5O4S. The third-order valence-electron chi connectivity index (χ3n) is 4.82. The Labute approximate surface area is 171 Å². The second-order valence-corrected chi connectivity index (χ2v) is 8.99. The summed E-state index contributed by atoms with van der Waals surface area (Å²) < 4.78 is 26.1. The van der Waals surface area contributed by atoms with Gasteiger partial charge in [-0.05, 0) is 24.8 Å². The molecule has 0 spiro atoms. The molecule has 1 aliphatic rings. The third-order valence-corrected chi connectivity index (χ3v) is 6.23. The average Bonchev–Trinajstić information content (AvgIpc) is 3.19. The van der Waals surface area contributed by atoms with Gasteiger partial charge < -0.3 is 16.0 Å². The van der Waals surface area contributed by atoms with Gasteiger partial charge in [-0.15, -0.1) is 0 Å². The van der Waals surface area contributed by atoms with Crippen LogP contribution in [0.25, 0.3) is 0 Å². The van der Waals surface area contributed by atoms with Gasteiger partial charge in [0.15, 0.2) is 0 Å². The number of benzene rings is 1. The topological polar surface area (TPSA) is 145 Å². The van der Waals surface area contributed by atoms with Gasteiger partial charge >= 0.3 is 0 Å². The summed E-state index contributed by atoms with van der Waals surface area (Å²) >= 11 is 0. The van der Waals surface area contributed by atoms with Crippen LogP contribution >= 0.6 is 0 Å².